The van der Waals surface area contributed by atoms with Crippen molar-refractivity contribution in [1.82, 2.24) is 4.90 Å². The average molecular weight is 360 g/mol. The third-order valence-corrected chi connectivity index (χ3v) is 5.53. The number of amides is 1. The van der Waals surface area contributed by atoms with Crippen LogP contribution in [-0.2, 0) is 14.6 Å². The molecular formula is C14H17FN2O6S. The fourth-order valence-electron chi connectivity index (χ4n) is 2.64. The minimum atomic E-state index is -3.15. The maximum atomic E-state index is 13.2. The second kappa shape index (κ2) is 7.12. The highest BCUT2D eigenvalue weighted by atomic mass is 32.2. The van der Waals surface area contributed by atoms with Crippen LogP contribution >= 0.6 is 0 Å². The van der Waals surface area contributed by atoms with Gasteiger partial charge in [0.1, 0.15) is 5.82 Å². The van der Waals surface area contributed by atoms with Gasteiger partial charge in [0, 0.05) is 24.7 Å². The first-order chi connectivity index (χ1) is 11.2. The van der Waals surface area contributed by atoms with Gasteiger partial charge in [-0.15, -0.1) is 0 Å². The minimum absolute atomic E-state index is 0.0255. The first-order valence-electron chi connectivity index (χ1n) is 7.30. The largest absolute Gasteiger partial charge is 0.477 e. The summed E-state index contributed by atoms with van der Waals surface area (Å²) in [5, 5.41) is 10.9. The topological polar surface area (TPSA) is 107 Å². The Kier molecular flexibility index (Phi) is 5.37. The fourth-order valence-corrected chi connectivity index (χ4v) is 4.37. The van der Waals surface area contributed by atoms with Crippen LogP contribution in [0.5, 0.6) is 5.75 Å². The summed E-state index contributed by atoms with van der Waals surface area (Å²) in [4.78, 5) is 23.8. The predicted octanol–water partition coefficient (Wildman–Crippen LogP) is 1.15. The molecule has 1 amide bonds. The molecule has 1 saturated heterocycles. The van der Waals surface area contributed by atoms with Crippen molar-refractivity contribution in [3.8, 4) is 5.75 Å². The summed E-state index contributed by atoms with van der Waals surface area (Å²) in [6.45, 7) is 1.45. The molecule has 1 atom stereocenters. The Morgan fingerprint density at radius 3 is 2.75 bits per heavy atom. The van der Waals surface area contributed by atoms with E-state index in [9.17, 15) is 27.7 Å². The highest BCUT2D eigenvalue weighted by molar-refractivity contribution is 7.91. The Morgan fingerprint density at radius 2 is 2.21 bits per heavy atom. The first-order valence-corrected chi connectivity index (χ1v) is 9.12. The zero-order chi connectivity index (χ0) is 17.9. The summed E-state index contributed by atoms with van der Waals surface area (Å²) in [5.41, 5.74) is -0.448. The lowest BCUT2D eigenvalue weighted by Crippen LogP contribution is -2.43. The number of carbonyl (C=O) groups excluding carboxylic acids is 1. The number of rotatable bonds is 6. The summed E-state index contributed by atoms with van der Waals surface area (Å²) in [6, 6.07) is 2.28. The van der Waals surface area contributed by atoms with Gasteiger partial charge in [0.15, 0.2) is 16.4 Å². The van der Waals surface area contributed by atoms with Crippen molar-refractivity contribution in [2.45, 2.75) is 19.4 Å². The monoisotopic (exact) mass is 360 g/mol. The first kappa shape index (κ1) is 18.1. The van der Waals surface area contributed by atoms with Gasteiger partial charge in [-0.1, -0.05) is 0 Å². The van der Waals surface area contributed by atoms with Crippen molar-refractivity contribution in [3.05, 3.63) is 34.1 Å². The van der Waals surface area contributed by atoms with Gasteiger partial charge in [0.2, 0.25) is 5.75 Å². The molecule has 0 bridgehead atoms. The van der Waals surface area contributed by atoms with Crippen LogP contribution in [0.4, 0.5) is 10.1 Å². The van der Waals surface area contributed by atoms with Crippen LogP contribution in [0.25, 0.3) is 0 Å². The number of ether oxygens (including phenoxy) is 1. The molecule has 0 saturated carbocycles. The van der Waals surface area contributed by atoms with E-state index >= 15 is 0 Å². The van der Waals surface area contributed by atoms with Crippen molar-refractivity contribution in [1.29, 1.82) is 0 Å². The summed E-state index contributed by atoms with van der Waals surface area (Å²) in [7, 11) is -3.15. The van der Waals surface area contributed by atoms with Crippen LogP contribution in [0.1, 0.15) is 13.3 Å². The quantitative estimate of drug-likeness (QED) is 0.556. The third kappa shape index (κ3) is 4.19. The maximum absolute atomic E-state index is 13.2. The van der Waals surface area contributed by atoms with Gasteiger partial charge in [-0.05, 0) is 19.4 Å². The van der Waals surface area contributed by atoms with Gasteiger partial charge >= 0.3 is 5.69 Å². The molecule has 1 aromatic rings. The summed E-state index contributed by atoms with van der Waals surface area (Å²) in [6.07, 6.45) is 0.349. The maximum Gasteiger partial charge on any atom is 0.311 e. The standard InChI is InChI=1S/C14H17FN2O6S/c1-2-16(11-5-6-24(21,22)9-11)14(18)8-23-13-7-10(15)3-4-12(13)17(19)20/h3-4,7,11H,2,5-6,8-9H2,1H3/t11-/m0/s1. The zero-order valence-electron chi connectivity index (χ0n) is 13.0. The molecule has 1 fully saturated rings. The van der Waals surface area contributed by atoms with E-state index < -0.39 is 44.8 Å². The molecule has 0 unspecified atom stereocenters. The highest BCUT2D eigenvalue weighted by Gasteiger charge is 2.34. The Bertz CT molecular complexity index is 752. The van der Waals surface area contributed by atoms with Gasteiger partial charge in [-0.2, -0.15) is 0 Å². The number of nitrogens with zero attached hydrogens (tertiary/aromatic N) is 2. The molecule has 132 valence electrons. The Balaban J connectivity index is 2.07. The number of likely N-dealkylation sites (N-methyl/N-ethyl adjacent to an activating group) is 1. The Morgan fingerprint density at radius 1 is 1.50 bits per heavy atom. The van der Waals surface area contributed by atoms with Gasteiger partial charge in [-0.25, -0.2) is 12.8 Å². The van der Waals surface area contributed by atoms with Gasteiger partial charge in [0.25, 0.3) is 5.91 Å². The van der Waals surface area contributed by atoms with E-state index in [1.165, 1.54) is 4.90 Å². The molecule has 0 aromatic heterocycles. The van der Waals surface area contributed by atoms with Gasteiger partial charge in [-0.3, -0.25) is 14.9 Å². The SMILES string of the molecule is CCN(C(=O)COc1cc(F)ccc1[N+](=O)[O-])[C@H]1CCS(=O)(=O)C1. The fraction of sp³-hybridized carbons (Fsp3) is 0.500. The number of hydrogen-bond donors (Lipinski definition) is 0. The number of halogens is 1. The molecule has 10 heteroatoms. The van der Waals surface area contributed by atoms with Crippen LogP contribution in [0.15, 0.2) is 18.2 Å². The lowest BCUT2D eigenvalue weighted by molar-refractivity contribution is -0.385. The van der Waals surface area contributed by atoms with E-state index in [0.717, 1.165) is 18.2 Å². The molecule has 2 rings (SSSR count). The lowest BCUT2D eigenvalue weighted by atomic mass is 10.2. The molecule has 0 radical (unpaired) electrons. The molecule has 24 heavy (non-hydrogen) atoms. The lowest BCUT2D eigenvalue weighted by Gasteiger charge is -2.26. The molecule has 1 heterocycles. The second-order valence-corrected chi connectivity index (χ2v) is 7.62. The van der Waals surface area contributed by atoms with Crippen molar-refractivity contribution >= 4 is 21.4 Å². The van der Waals surface area contributed by atoms with Crippen LogP contribution in [-0.4, -0.2) is 54.8 Å². The van der Waals surface area contributed by atoms with Crippen molar-refractivity contribution in [2.75, 3.05) is 24.7 Å². The van der Waals surface area contributed by atoms with E-state index in [4.69, 9.17) is 4.74 Å². The normalized spacial score (nSPS) is 19.0. The second-order valence-electron chi connectivity index (χ2n) is 5.39. The van der Waals surface area contributed by atoms with E-state index in [0.29, 0.717) is 6.42 Å². The predicted molar refractivity (Wildman–Crippen MR) is 83.0 cm³/mol. The van der Waals surface area contributed by atoms with Crippen LogP contribution in [0.2, 0.25) is 0 Å². The number of hydrogen-bond acceptors (Lipinski definition) is 6. The van der Waals surface area contributed by atoms with Crippen molar-refractivity contribution < 1.29 is 27.3 Å². The van der Waals surface area contributed by atoms with E-state index in [-0.39, 0.29) is 23.8 Å². The highest BCUT2D eigenvalue weighted by Crippen LogP contribution is 2.27. The average Bonchev–Trinajstić information content (AvgIpc) is 2.85. The van der Waals surface area contributed by atoms with Crippen LogP contribution in [0, 0.1) is 15.9 Å². The summed E-state index contributed by atoms with van der Waals surface area (Å²) in [5.74, 6) is -1.65. The number of benzene rings is 1. The number of carbonyl (C=O) groups is 1. The van der Waals surface area contributed by atoms with Crippen LogP contribution < -0.4 is 4.74 Å². The van der Waals surface area contributed by atoms with Crippen molar-refractivity contribution in [2.24, 2.45) is 0 Å². The summed E-state index contributed by atoms with van der Waals surface area (Å²) < 4.78 is 41.4. The zero-order valence-corrected chi connectivity index (χ0v) is 13.8. The number of nitro benzene ring substituents is 1. The number of sulfone groups is 1. The van der Waals surface area contributed by atoms with Gasteiger partial charge < -0.3 is 9.64 Å². The van der Waals surface area contributed by atoms with E-state index in [1.54, 1.807) is 6.92 Å². The smallest absolute Gasteiger partial charge is 0.311 e. The van der Waals surface area contributed by atoms with Crippen molar-refractivity contribution in [3.63, 3.8) is 0 Å². The number of nitro groups is 1. The molecule has 1 aromatic carbocycles. The molecule has 1 aliphatic rings. The third-order valence-electron chi connectivity index (χ3n) is 3.78. The van der Waals surface area contributed by atoms with E-state index in [2.05, 4.69) is 0 Å². The molecule has 8 nitrogen and oxygen atoms in total. The van der Waals surface area contributed by atoms with Gasteiger partial charge in [0.05, 0.1) is 16.4 Å². The molecule has 0 aliphatic carbocycles. The Hall–Kier alpha value is -2.23. The molecule has 0 spiro atoms. The molecular weight excluding hydrogens is 343 g/mol. The van der Waals surface area contributed by atoms with E-state index in [1.807, 2.05) is 0 Å². The summed E-state index contributed by atoms with van der Waals surface area (Å²) >= 11 is 0. The molecule has 1 aliphatic heterocycles. The Labute approximate surface area is 138 Å². The van der Waals surface area contributed by atoms with Crippen LogP contribution in [0.3, 0.4) is 0 Å². The minimum Gasteiger partial charge on any atom is -0.477 e. The molecule has 0 N–H and O–H groups in total.